The number of hydrogen-bond donors (Lipinski definition) is 0. The zero-order chi connectivity index (χ0) is 24.0. The van der Waals surface area contributed by atoms with E-state index in [4.69, 9.17) is 4.74 Å². The van der Waals surface area contributed by atoms with Crippen molar-refractivity contribution in [3.63, 3.8) is 0 Å². The van der Waals surface area contributed by atoms with Gasteiger partial charge in [0.25, 0.3) is 0 Å². The van der Waals surface area contributed by atoms with E-state index < -0.39 is 17.5 Å². The smallest absolute Gasteiger partial charge is 0.416 e. The van der Waals surface area contributed by atoms with Crippen LogP contribution in [0.15, 0.2) is 48.6 Å². The van der Waals surface area contributed by atoms with Crippen molar-refractivity contribution in [3.05, 3.63) is 69.4 Å². The lowest BCUT2D eigenvalue weighted by Gasteiger charge is -2.22. The molecule has 0 radical (unpaired) electrons. The number of ether oxygens (including phenoxy) is 1. The Hall–Kier alpha value is -2.94. The number of nitrogens with zero attached hydrogens (tertiary/aromatic N) is 1. The summed E-state index contributed by atoms with van der Waals surface area (Å²) in [4.78, 5) is 39.4. The number of benzene rings is 1. The first-order chi connectivity index (χ1) is 15.7. The fraction of sp³-hybridized carbons (Fsp3) is 0.375. The number of allylic oxidation sites excluding steroid dienone is 1. The number of likely N-dealkylation sites (tertiary alicyclic amines) is 1. The quantitative estimate of drug-likeness (QED) is 0.381. The van der Waals surface area contributed by atoms with Gasteiger partial charge in [-0.25, -0.2) is 4.79 Å². The summed E-state index contributed by atoms with van der Waals surface area (Å²) in [5, 5.41) is 0. The summed E-state index contributed by atoms with van der Waals surface area (Å²) in [5.41, 5.74) is -0.880. The van der Waals surface area contributed by atoms with Crippen LogP contribution in [0.1, 0.15) is 44.9 Å². The standard InChI is InChI=1S/C24H24F3NO4S/c1-32-23(31)21-12-11-19(33-21)6-4-14-28-17(9-13-22(28)30)8-10-18(29)15-16-5-2-3-7-20(16)24(25,26)27/h2-3,5,7-8,10-12,17H,4,6,9,13-15H2,1H3/b10-8+. The first-order valence-electron chi connectivity index (χ1n) is 10.5. The summed E-state index contributed by atoms with van der Waals surface area (Å²) in [7, 11) is 1.33. The Morgan fingerprint density at radius 2 is 1.97 bits per heavy atom. The number of esters is 1. The molecule has 3 rings (SSSR count). The molecule has 0 N–H and O–H groups in total. The molecule has 1 amide bonds. The Morgan fingerprint density at radius 1 is 1.21 bits per heavy atom. The number of ketones is 1. The molecule has 0 aliphatic carbocycles. The molecule has 1 aromatic heterocycles. The highest BCUT2D eigenvalue weighted by Crippen LogP contribution is 2.32. The van der Waals surface area contributed by atoms with Gasteiger partial charge in [0, 0.05) is 24.3 Å². The number of alkyl halides is 3. The van der Waals surface area contributed by atoms with Gasteiger partial charge < -0.3 is 9.64 Å². The highest BCUT2D eigenvalue weighted by atomic mass is 32.1. The second-order valence-corrected chi connectivity index (χ2v) is 8.88. The van der Waals surface area contributed by atoms with E-state index in [1.807, 2.05) is 6.07 Å². The summed E-state index contributed by atoms with van der Waals surface area (Å²) < 4.78 is 44.1. The van der Waals surface area contributed by atoms with Crippen molar-refractivity contribution < 1.29 is 32.3 Å². The van der Waals surface area contributed by atoms with Crippen LogP contribution in [0.4, 0.5) is 13.2 Å². The number of thiophene rings is 1. The van der Waals surface area contributed by atoms with Crippen molar-refractivity contribution in [1.29, 1.82) is 0 Å². The third-order valence-electron chi connectivity index (χ3n) is 5.44. The molecule has 0 saturated carbocycles. The van der Waals surface area contributed by atoms with Crippen LogP contribution in [-0.2, 0) is 33.3 Å². The second kappa shape index (κ2) is 10.8. The molecule has 1 saturated heterocycles. The largest absolute Gasteiger partial charge is 0.465 e. The van der Waals surface area contributed by atoms with E-state index in [1.54, 1.807) is 17.0 Å². The van der Waals surface area contributed by atoms with Gasteiger partial charge in [0.2, 0.25) is 5.91 Å². The molecule has 9 heteroatoms. The number of carbonyl (C=O) groups is 3. The van der Waals surface area contributed by atoms with E-state index in [0.717, 1.165) is 10.9 Å². The fourth-order valence-corrected chi connectivity index (χ4v) is 4.78. The van der Waals surface area contributed by atoms with Gasteiger partial charge in [0.15, 0.2) is 5.78 Å². The Kier molecular flexibility index (Phi) is 8.07. The molecule has 1 fully saturated rings. The van der Waals surface area contributed by atoms with E-state index in [1.165, 1.54) is 42.7 Å². The molecule has 0 spiro atoms. The summed E-state index contributed by atoms with van der Waals surface area (Å²) >= 11 is 1.35. The van der Waals surface area contributed by atoms with Gasteiger partial charge in [0.05, 0.1) is 18.7 Å². The number of aryl methyl sites for hydroxylation is 1. The highest BCUT2D eigenvalue weighted by Gasteiger charge is 2.33. The van der Waals surface area contributed by atoms with Gasteiger partial charge in [0.1, 0.15) is 4.88 Å². The number of rotatable bonds is 9. The molecular weight excluding hydrogens is 455 g/mol. The van der Waals surface area contributed by atoms with Crippen LogP contribution in [-0.4, -0.2) is 42.3 Å². The average Bonchev–Trinajstić information content (AvgIpc) is 3.38. The van der Waals surface area contributed by atoms with Crippen LogP contribution in [0, 0.1) is 0 Å². The summed E-state index contributed by atoms with van der Waals surface area (Å²) in [6.07, 6.45) is 0.330. The lowest BCUT2D eigenvalue weighted by Crippen LogP contribution is -2.33. The molecule has 1 aromatic carbocycles. The lowest BCUT2D eigenvalue weighted by atomic mass is 10.0. The maximum Gasteiger partial charge on any atom is 0.416 e. The van der Waals surface area contributed by atoms with Gasteiger partial charge in [-0.1, -0.05) is 24.3 Å². The minimum atomic E-state index is -4.52. The van der Waals surface area contributed by atoms with E-state index in [9.17, 15) is 27.6 Å². The van der Waals surface area contributed by atoms with Crippen LogP contribution < -0.4 is 0 Å². The molecule has 33 heavy (non-hydrogen) atoms. The predicted molar refractivity (Wildman–Crippen MR) is 118 cm³/mol. The first-order valence-corrected chi connectivity index (χ1v) is 11.3. The minimum absolute atomic E-state index is 0.0130. The van der Waals surface area contributed by atoms with Crippen molar-refractivity contribution >= 4 is 29.0 Å². The van der Waals surface area contributed by atoms with Gasteiger partial charge in [-0.15, -0.1) is 11.3 Å². The molecule has 2 aromatic rings. The Labute approximate surface area is 193 Å². The van der Waals surface area contributed by atoms with E-state index >= 15 is 0 Å². The fourth-order valence-electron chi connectivity index (χ4n) is 3.81. The molecule has 1 aliphatic heterocycles. The first kappa shape index (κ1) is 24.7. The molecule has 2 heterocycles. The number of hydrogen-bond acceptors (Lipinski definition) is 5. The van der Waals surface area contributed by atoms with E-state index in [0.29, 0.717) is 37.1 Å². The van der Waals surface area contributed by atoms with Crippen molar-refractivity contribution in [2.24, 2.45) is 0 Å². The van der Waals surface area contributed by atoms with Crippen molar-refractivity contribution in [1.82, 2.24) is 4.90 Å². The van der Waals surface area contributed by atoms with Gasteiger partial charge in [-0.2, -0.15) is 13.2 Å². The van der Waals surface area contributed by atoms with E-state index in [2.05, 4.69) is 0 Å². The predicted octanol–water partition coefficient (Wildman–Crippen LogP) is 4.85. The number of methoxy groups -OCH3 is 1. The second-order valence-electron chi connectivity index (χ2n) is 7.71. The SMILES string of the molecule is COC(=O)c1ccc(CCCN2C(=O)CCC2/C=C/C(=O)Cc2ccccc2C(F)(F)F)s1. The zero-order valence-corrected chi connectivity index (χ0v) is 18.9. The summed E-state index contributed by atoms with van der Waals surface area (Å²) in [5.74, 6) is -0.838. The molecule has 1 unspecified atom stereocenters. The summed E-state index contributed by atoms with van der Waals surface area (Å²) in [6.45, 7) is 0.490. The maximum absolute atomic E-state index is 13.1. The third kappa shape index (κ3) is 6.54. The third-order valence-corrected chi connectivity index (χ3v) is 6.56. The molecule has 5 nitrogen and oxygen atoms in total. The maximum atomic E-state index is 13.1. The summed E-state index contributed by atoms with van der Waals surface area (Å²) in [6, 6.07) is 8.34. The Balaban J connectivity index is 1.56. The Morgan fingerprint density at radius 3 is 2.70 bits per heavy atom. The van der Waals surface area contributed by atoms with Crippen LogP contribution in [0.5, 0.6) is 0 Å². The van der Waals surface area contributed by atoms with Gasteiger partial charge in [-0.3, -0.25) is 9.59 Å². The van der Waals surface area contributed by atoms with Crippen LogP contribution in [0.25, 0.3) is 0 Å². The molecule has 176 valence electrons. The normalized spacial score (nSPS) is 16.5. The zero-order valence-electron chi connectivity index (χ0n) is 18.1. The molecule has 0 bridgehead atoms. The van der Waals surface area contributed by atoms with Gasteiger partial charge in [-0.05, 0) is 49.1 Å². The monoisotopic (exact) mass is 479 g/mol. The van der Waals surface area contributed by atoms with Crippen LogP contribution in [0.2, 0.25) is 0 Å². The topological polar surface area (TPSA) is 63.7 Å². The molecule has 1 atom stereocenters. The number of halogens is 3. The lowest BCUT2D eigenvalue weighted by molar-refractivity contribution is -0.138. The van der Waals surface area contributed by atoms with E-state index in [-0.39, 0.29) is 29.9 Å². The Bertz CT molecular complexity index is 1040. The van der Waals surface area contributed by atoms with Crippen LogP contribution >= 0.6 is 11.3 Å². The molecule has 1 aliphatic rings. The average molecular weight is 480 g/mol. The molecular formula is C24H24F3NO4S. The highest BCUT2D eigenvalue weighted by molar-refractivity contribution is 7.13. The number of carbonyl (C=O) groups excluding carboxylic acids is 3. The minimum Gasteiger partial charge on any atom is -0.465 e. The van der Waals surface area contributed by atoms with Crippen molar-refractivity contribution in [2.45, 2.75) is 44.3 Å². The van der Waals surface area contributed by atoms with Gasteiger partial charge >= 0.3 is 12.1 Å². The van der Waals surface area contributed by atoms with Crippen molar-refractivity contribution in [2.75, 3.05) is 13.7 Å². The van der Waals surface area contributed by atoms with Crippen LogP contribution in [0.3, 0.4) is 0 Å². The number of amides is 1. The van der Waals surface area contributed by atoms with Crippen molar-refractivity contribution in [3.8, 4) is 0 Å².